The Morgan fingerprint density at radius 1 is 1.24 bits per heavy atom. The van der Waals surface area contributed by atoms with E-state index in [4.69, 9.17) is 11.6 Å². The van der Waals surface area contributed by atoms with Crippen molar-refractivity contribution in [1.29, 1.82) is 0 Å². The Labute approximate surface area is 118 Å². The topological polar surface area (TPSA) is 20.2 Å². The first-order valence-electron chi connectivity index (χ1n) is 5.19. The van der Waals surface area contributed by atoms with E-state index < -0.39 is 6.10 Å². The van der Waals surface area contributed by atoms with Gasteiger partial charge in [0.15, 0.2) is 0 Å². The van der Waals surface area contributed by atoms with E-state index in [1.165, 1.54) is 22.5 Å². The minimum atomic E-state index is -0.608. The molecule has 2 rings (SSSR count). The molecule has 4 heteroatoms. The summed E-state index contributed by atoms with van der Waals surface area (Å²) in [4.78, 5) is 0.852. The van der Waals surface area contributed by atoms with Gasteiger partial charge in [-0.15, -0.1) is 11.3 Å². The van der Waals surface area contributed by atoms with E-state index >= 15 is 0 Å². The summed E-state index contributed by atoms with van der Waals surface area (Å²) in [5.41, 5.74) is 3.31. The maximum Gasteiger partial charge on any atom is 0.113 e. The van der Waals surface area contributed by atoms with Gasteiger partial charge in [-0.1, -0.05) is 29.8 Å². The van der Waals surface area contributed by atoms with Gasteiger partial charge < -0.3 is 5.11 Å². The molecule has 1 N–H and O–H groups in total. The second-order valence-electron chi connectivity index (χ2n) is 4.02. The lowest BCUT2D eigenvalue weighted by Crippen LogP contribution is -1.98. The first-order valence-corrected chi connectivity index (χ1v) is 7.17. The molecule has 1 heterocycles. The lowest BCUT2D eigenvalue weighted by molar-refractivity contribution is 0.224. The third-order valence-corrected chi connectivity index (χ3v) is 5.31. The highest BCUT2D eigenvalue weighted by Crippen LogP contribution is 2.37. The normalized spacial score (nSPS) is 12.8. The highest BCUT2D eigenvalue weighted by Gasteiger charge is 2.15. The van der Waals surface area contributed by atoms with E-state index in [1.54, 1.807) is 0 Å². The van der Waals surface area contributed by atoms with Crippen LogP contribution in [0.4, 0.5) is 0 Å². The number of thiophene rings is 1. The molecular weight excluding hydrogens is 320 g/mol. The van der Waals surface area contributed by atoms with Crippen molar-refractivity contribution in [2.45, 2.75) is 20.0 Å². The van der Waals surface area contributed by atoms with Gasteiger partial charge in [0.1, 0.15) is 10.4 Å². The maximum absolute atomic E-state index is 10.3. The third kappa shape index (κ3) is 2.74. The Bertz CT molecular complexity index is 531. The monoisotopic (exact) mass is 330 g/mol. The van der Waals surface area contributed by atoms with Gasteiger partial charge in [-0.05, 0) is 52.5 Å². The van der Waals surface area contributed by atoms with E-state index in [1.807, 2.05) is 31.2 Å². The molecule has 0 aliphatic heterocycles. The predicted molar refractivity (Wildman–Crippen MR) is 77.0 cm³/mol. The fourth-order valence-corrected chi connectivity index (χ4v) is 3.35. The largest absolute Gasteiger partial charge is 0.383 e. The molecule has 0 amide bonds. The Hall–Kier alpha value is -0.350. The number of rotatable bonds is 2. The molecule has 0 spiro atoms. The van der Waals surface area contributed by atoms with Crippen LogP contribution in [-0.2, 0) is 0 Å². The number of benzene rings is 1. The molecule has 90 valence electrons. The van der Waals surface area contributed by atoms with Crippen LogP contribution in [0.1, 0.15) is 27.7 Å². The van der Waals surface area contributed by atoms with Crippen molar-refractivity contribution in [3.05, 3.63) is 54.6 Å². The van der Waals surface area contributed by atoms with Crippen molar-refractivity contribution in [1.82, 2.24) is 0 Å². The van der Waals surface area contributed by atoms with Gasteiger partial charge in [0, 0.05) is 9.35 Å². The van der Waals surface area contributed by atoms with Crippen molar-refractivity contribution in [3.63, 3.8) is 0 Å². The van der Waals surface area contributed by atoms with Crippen LogP contribution < -0.4 is 0 Å². The number of hydrogen-bond donors (Lipinski definition) is 1. The SMILES string of the molecule is Cc1ccc(C(O)c2cc(Br)c(Cl)s2)cc1C. The van der Waals surface area contributed by atoms with E-state index in [-0.39, 0.29) is 0 Å². The van der Waals surface area contributed by atoms with Crippen molar-refractivity contribution in [2.24, 2.45) is 0 Å². The second-order valence-corrected chi connectivity index (χ2v) is 6.56. The summed E-state index contributed by atoms with van der Waals surface area (Å²) in [5, 5.41) is 10.3. The van der Waals surface area contributed by atoms with Gasteiger partial charge in [0.25, 0.3) is 0 Å². The van der Waals surface area contributed by atoms with Crippen LogP contribution >= 0.6 is 38.9 Å². The van der Waals surface area contributed by atoms with Gasteiger partial charge in [0.05, 0.1) is 0 Å². The molecule has 0 fully saturated rings. The molecule has 17 heavy (non-hydrogen) atoms. The summed E-state index contributed by atoms with van der Waals surface area (Å²) < 4.78 is 1.50. The molecule has 0 aliphatic carbocycles. The summed E-state index contributed by atoms with van der Waals surface area (Å²) >= 11 is 10.7. The number of aryl methyl sites for hydroxylation is 2. The summed E-state index contributed by atoms with van der Waals surface area (Å²) in [6.45, 7) is 4.10. The lowest BCUT2D eigenvalue weighted by atomic mass is 10.0. The van der Waals surface area contributed by atoms with Gasteiger partial charge in [-0.25, -0.2) is 0 Å². The standard InChI is InChI=1S/C13H12BrClOS/c1-7-3-4-9(5-8(7)2)12(16)11-6-10(14)13(15)17-11/h3-6,12,16H,1-2H3. The number of aliphatic hydroxyl groups excluding tert-OH is 1. The molecule has 1 nitrogen and oxygen atoms in total. The molecule has 0 aliphatic rings. The Kier molecular flexibility index (Phi) is 3.93. The highest BCUT2D eigenvalue weighted by atomic mass is 79.9. The van der Waals surface area contributed by atoms with Crippen LogP contribution in [-0.4, -0.2) is 5.11 Å². The van der Waals surface area contributed by atoms with Crippen LogP contribution in [0, 0.1) is 13.8 Å². The number of halogens is 2. The number of aliphatic hydroxyl groups is 1. The van der Waals surface area contributed by atoms with Crippen LogP contribution in [0.5, 0.6) is 0 Å². The summed E-state index contributed by atoms with van der Waals surface area (Å²) in [5.74, 6) is 0. The molecular formula is C13H12BrClOS. The maximum atomic E-state index is 10.3. The first-order chi connectivity index (χ1) is 7.99. The summed E-state index contributed by atoms with van der Waals surface area (Å²) in [6, 6.07) is 7.86. The van der Waals surface area contributed by atoms with Gasteiger partial charge in [-0.3, -0.25) is 0 Å². The average Bonchev–Trinajstić information content (AvgIpc) is 2.62. The molecule has 2 aromatic rings. The molecule has 1 atom stereocenters. The van der Waals surface area contributed by atoms with E-state index in [9.17, 15) is 5.11 Å². The molecule has 1 aromatic heterocycles. The van der Waals surface area contributed by atoms with Gasteiger partial charge in [0.2, 0.25) is 0 Å². The van der Waals surface area contributed by atoms with Crippen molar-refractivity contribution < 1.29 is 5.11 Å². The molecule has 1 unspecified atom stereocenters. The number of hydrogen-bond acceptors (Lipinski definition) is 2. The van der Waals surface area contributed by atoms with E-state index in [0.29, 0.717) is 4.34 Å². The van der Waals surface area contributed by atoms with Gasteiger partial charge >= 0.3 is 0 Å². The first kappa shape index (κ1) is 13.1. The quantitative estimate of drug-likeness (QED) is 0.833. The van der Waals surface area contributed by atoms with Crippen LogP contribution in [0.25, 0.3) is 0 Å². The van der Waals surface area contributed by atoms with Crippen LogP contribution in [0.3, 0.4) is 0 Å². The lowest BCUT2D eigenvalue weighted by Gasteiger charge is -2.10. The minimum Gasteiger partial charge on any atom is -0.383 e. The van der Waals surface area contributed by atoms with E-state index in [0.717, 1.165) is 14.9 Å². The average molecular weight is 332 g/mol. The van der Waals surface area contributed by atoms with Crippen molar-refractivity contribution in [3.8, 4) is 0 Å². The Morgan fingerprint density at radius 3 is 2.47 bits per heavy atom. The molecule has 0 saturated heterocycles. The zero-order valence-corrected chi connectivity index (χ0v) is 12.7. The molecule has 0 bridgehead atoms. The van der Waals surface area contributed by atoms with Gasteiger partial charge in [-0.2, -0.15) is 0 Å². The Morgan fingerprint density at radius 2 is 1.94 bits per heavy atom. The predicted octanol–water partition coefficient (Wildman–Crippen LogP) is 4.86. The zero-order chi connectivity index (χ0) is 12.6. The fraction of sp³-hybridized carbons (Fsp3) is 0.231. The highest BCUT2D eigenvalue weighted by molar-refractivity contribution is 9.10. The van der Waals surface area contributed by atoms with Crippen LogP contribution in [0.15, 0.2) is 28.7 Å². The molecule has 0 radical (unpaired) electrons. The third-order valence-electron chi connectivity index (χ3n) is 2.78. The molecule has 0 saturated carbocycles. The second kappa shape index (κ2) is 5.11. The van der Waals surface area contributed by atoms with Crippen molar-refractivity contribution >= 4 is 38.9 Å². The van der Waals surface area contributed by atoms with Crippen LogP contribution in [0.2, 0.25) is 4.34 Å². The summed E-state index contributed by atoms with van der Waals surface area (Å²) in [6.07, 6.45) is -0.608. The summed E-state index contributed by atoms with van der Waals surface area (Å²) in [7, 11) is 0. The van der Waals surface area contributed by atoms with E-state index in [2.05, 4.69) is 22.9 Å². The molecule has 1 aromatic carbocycles. The smallest absolute Gasteiger partial charge is 0.113 e. The Balaban J connectivity index is 2.36. The minimum absolute atomic E-state index is 0.608. The fourth-order valence-electron chi connectivity index (χ4n) is 1.60. The zero-order valence-electron chi connectivity index (χ0n) is 9.50. The van der Waals surface area contributed by atoms with Crippen molar-refractivity contribution in [2.75, 3.05) is 0 Å².